The van der Waals surface area contributed by atoms with E-state index < -0.39 is 15.4 Å². The molecular formula is C23H27FN2O3S. The zero-order valence-corrected chi connectivity index (χ0v) is 18.2. The quantitative estimate of drug-likeness (QED) is 0.746. The fraction of sp³-hybridized carbons (Fsp3) is 0.435. The van der Waals surface area contributed by atoms with E-state index in [1.165, 1.54) is 30.5 Å². The van der Waals surface area contributed by atoms with Gasteiger partial charge in [-0.25, -0.2) is 17.1 Å². The zero-order chi connectivity index (χ0) is 21.5. The van der Waals surface area contributed by atoms with Gasteiger partial charge in [0.1, 0.15) is 5.82 Å². The second kappa shape index (κ2) is 7.78. The summed E-state index contributed by atoms with van der Waals surface area (Å²) in [5.41, 5.74) is 1.72. The maximum absolute atomic E-state index is 13.9. The summed E-state index contributed by atoms with van der Waals surface area (Å²) in [5, 5.41) is 0. The van der Waals surface area contributed by atoms with Crippen molar-refractivity contribution in [1.29, 1.82) is 0 Å². The van der Waals surface area contributed by atoms with Crippen LogP contribution in [-0.4, -0.2) is 44.2 Å². The lowest BCUT2D eigenvalue weighted by Gasteiger charge is -2.38. The Balaban J connectivity index is 1.67. The van der Waals surface area contributed by atoms with Gasteiger partial charge in [-0.2, -0.15) is 0 Å². The summed E-state index contributed by atoms with van der Waals surface area (Å²) in [4.78, 5) is 15.9. The van der Waals surface area contributed by atoms with E-state index >= 15 is 0 Å². The van der Waals surface area contributed by atoms with Crippen LogP contribution in [-0.2, 0) is 33.2 Å². The Morgan fingerprint density at radius 2 is 1.80 bits per heavy atom. The molecule has 1 fully saturated rings. The minimum Gasteiger partial charge on any atom is -0.337 e. The number of carbonyl (C=O) groups excluding carboxylic acids is 1. The summed E-state index contributed by atoms with van der Waals surface area (Å²) in [6, 6.07) is 11.7. The predicted molar refractivity (Wildman–Crippen MR) is 113 cm³/mol. The maximum atomic E-state index is 13.9. The van der Waals surface area contributed by atoms with Crippen molar-refractivity contribution in [2.75, 3.05) is 20.6 Å². The Kier molecular flexibility index (Phi) is 5.45. The van der Waals surface area contributed by atoms with E-state index in [0.29, 0.717) is 37.2 Å². The van der Waals surface area contributed by atoms with E-state index in [1.807, 2.05) is 17.0 Å². The van der Waals surface area contributed by atoms with Crippen LogP contribution >= 0.6 is 0 Å². The SMILES string of the molecule is CN(C)S(=O)(=O)c1cccc2c1CCN(C(=O)C1(c3cccc(F)c3)CCCC1)C2. The van der Waals surface area contributed by atoms with E-state index in [4.69, 9.17) is 0 Å². The second-order valence-electron chi connectivity index (χ2n) is 8.46. The number of benzene rings is 2. The Labute approximate surface area is 177 Å². The lowest BCUT2D eigenvalue weighted by molar-refractivity contribution is -0.138. The number of nitrogens with zero attached hydrogens (tertiary/aromatic N) is 2. The third kappa shape index (κ3) is 3.44. The first-order chi connectivity index (χ1) is 14.3. The van der Waals surface area contributed by atoms with Crippen LogP contribution < -0.4 is 0 Å². The van der Waals surface area contributed by atoms with Gasteiger partial charge in [0.15, 0.2) is 0 Å². The molecule has 0 aromatic heterocycles. The molecule has 0 unspecified atom stereocenters. The largest absolute Gasteiger partial charge is 0.337 e. The van der Waals surface area contributed by atoms with Gasteiger partial charge >= 0.3 is 0 Å². The number of amides is 1. The minimum absolute atomic E-state index is 0.0251. The molecule has 0 atom stereocenters. The summed E-state index contributed by atoms with van der Waals surface area (Å²) in [7, 11) is -0.495. The van der Waals surface area contributed by atoms with Crippen LogP contribution in [0.15, 0.2) is 47.4 Å². The molecule has 160 valence electrons. The molecular weight excluding hydrogens is 403 g/mol. The summed E-state index contributed by atoms with van der Waals surface area (Å²) < 4.78 is 40.6. The third-order valence-electron chi connectivity index (χ3n) is 6.51. The molecule has 0 radical (unpaired) electrons. The Hall–Kier alpha value is -2.25. The number of rotatable bonds is 4. The highest BCUT2D eigenvalue weighted by Crippen LogP contribution is 2.43. The molecule has 4 rings (SSSR count). The molecule has 30 heavy (non-hydrogen) atoms. The first-order valence-electron chi connectivity index (χ1n) is 10.3. The van der Waals surface area contributed by atoms with Crippen molar-refractivity contribution in [2.45, 2.75) is 49.0 Å². The highest BCUT2D eigenvalue weighted by atomic mass is 32.2. The summed E-state index contributed by atoms with van der Waals surface area (Å²) in [6.45, 7) is 0.838. The van der Waals surface area contributed by atoms with Crippen molar-refractivity contribution < 1.29 is 17.6 Å². The molecule has 1 aliphatic carbocycles. The molecule has 2 aliphatic rings. The van der Waals surface area contributed by atoms with E-state index in [0.717, 1.165) is 29.5 Å². The number of halogens is 1. The average Bonchev–Trinajstić information content (AvgIpc) is 3.23. The van der Waals surface area contributed by atoms with Gasteiger partial charge in [-0.05, 0) is 54.2 Å². The topological polar surface area (TPSA) is 57.7 Å². The standard InChI is InChI=1S/C23H27FN2O3S/c1-25(2)30(28,29)21-10-5-7-17-16-26(14-11-20(17)21)22(27)23(12-3-4-13-23)18-8-6-9-19(24)15-18/h5-10,15H,3-4,11-14,16H2,1-2H3. The second-order valence-corrected chi connectivity index (χ2v) is 10.6. The van der Waals surface area contributed by atoms with Crippen LogP contribution in [0.2, 0.25) is 0 Å². The Morgan fingerprint density at radius 1 is 1.10 bits per heavy atom. The number of fused-ring (bicyclic) bond motifs is 1. The van der Waals surface area contributed by atoms with Gasteiger partial charge in [0.25, 0.3) is 0 Å². The Bertz CT molecular complexity index is 1080. The molecule has 5 nitrogen and oxygen atoms in total. The molecule has 0 bridgehead atoms. The number of sulfonamides is 1. The molecule has 1 saturated carbocycles. The van der Waals surface area contributed by atoms with Crippen molar-refractivity contribution in [3.63, 3.8) is 0 Å². The minimum atomic E-state index is -3.54. The first-order valence-corrected chi connectivity index (χ1v) is 11.8. The predicted octanol–water partition coefficient (Wildman–Crippen LogP) is 3.47. The van der Waals surface area contributed by atoms with Crippen LogP contribution in [0.5, 0.6) is 0 Å². The van der Waals surface area contributed by atoms with Gasteiger partial charge < -0.3 is 4.90 Å². The van der Waals surface area contributed by atoms with Gasteiger partial charge in [0, 0.05) is 27.2 Å². The summed E-state index contributed by atoms with van der Waals surface area (Å²) in [6.07, 6.45) is 3.81. The molecule has 2 aromatic carbocycles. The summed E-state index contributed by atoms with van der Waals surface area (Å²) in [5.74, 6) is -0.300. The molecule has 0 spiro atoms. The van der Waals surface area contributed by atoms with Gasteiger partial charge in [0.05, 0.1) is 10.3 Å². The lowest BCUT2D eigenvalue weighted by atomic mass is 9.77. The zero-order valence-electron chi connectivity index (χ0n) is 17.4. The van der Waals surface area contributed by atoms with Gasteiger partial charge in [-0.1, -0.05) is 37.1 Å². The van der Waals surface area contributed by atoms with Crippen LogP contribution in [0.4, 0.5) is 4.39 Å². The molecule has 1 amide bonds. The van der Waals surface area contributed by atoms with Crippen molar-refractivity contribution in [3.8, 4) is 0 Å². The molecule has 0 N–H and O–H groups in total. The van der Waals surface area contributed by atoms with E-state index in [-0.39, 0.29) is 11.7 Å². The molecule has 7 heteroatoms. The lowest BCUT2D eigenvalue weighted by Crippen LogP contribution is -2.47. The molecule has 1 aliphatic heterocycles. The van der Waals surface area contributed by atoms with Gasteiger partial charge in [0.2, 0.25) is 15.9 Å². The van der Waals surface area contributed by atoms with E-state index in [2.05, 4.69) is 0 Å². The highest BCUT2D eigenvalue weighted by molar-refractivity contribution is 7.89. The molecule has 1 heterocycles. The first kappa shape index (κ1) is 21.0. The average molecular weight is 431 g/mol. The van der Waals surface area contributed by atoms with Crippen molar-refractivity contribution in [1.82, 2.24) is 9.21 Å². The fourth-order valence-corrected chi connectivity index (χ4v) is 6.07. The Morgan fingerprint density at radius 3 is 2.47 bits per heavy atom. The van der Waals surface area contributed by atoms with Crippen molar-refractivity contribution in [3.05, 3.63) is 65.0 Å². The van der Waals surface area contributed by atoms with Crippen LogP contribution in [0.25, 0.3) is 0 Å². The normalized spacial score (nSPS) is 18.5. The highest BCUT2D eigenvalue weighted by Gasteiger charge is 2.45. The molecule has 0 saturated heterocycles. The number of hydrogen-bond donors (Lipinski definition) is 0. The molecule has 2 aromatic rings. The van der Waals surface area contributed by atoms with Crippen molar-refractivity contribution in [2.24, 2.45) is 0 Å². The smallest absolute Gasteiger partial charge is 0.242 e. The van der Waals surface area contributed by atoms with Crippen LogP contribution in [0, 0.1) is 5.82 Å². The van der Waals surface area contributed by atoms with Gasteiger partial charge in [-0.15, -0.1) is 0 Å². The number of hydrogen-bond acceptors (Lipinski definition) is 3. The number of carbonyl (C=O) groups is 1. The third-order valence-corrected chi connectivity index (χ3v) is 8.41. The van der Waals surface area contributed by atoms with E-state index in [9.17, 15) is 17.6 Å². The van der Waals surface area contributed by atoms with Crippen LogP contribution in [0.1, 0.15) is 42.4 Å². The van der Waals surface area contributed by atoms with Crippen LogP contribution in [0.3, 0.4) is 0 Å². The van der Waals surface area contributed by atoms with Crippen molar-refractivity contribution >= 4 is 15.9 Å². The van der Waals surface area contributed by atoms with E-state index in [1.54, 1.807) is 18.2 Å². The van der Waals surface area contributed by atoms with Gasteiger partial charge in [-0.3, -0.25) is 4.79 Å². The summed E-state index contributed by atoms with van der Waals surface area (Å²) >= 11 is 0. The monoisotopic (exact) mass is 430 g/mol. The fourth-order valence-electron chi connectivity index (χ4n) is 4.88. The maximum Gasteiger partial charge on any atom is 0.242 e.